The summed E-state index contributed by atoms with van der Waals surface area (Å²) in [5.41, 5.74) is 4.25. The zero-order valence-electron chi connectivity index (χ0n) is 15.6. The fraction of sp³-hybridized carbons (Fsp3) is 0.0870. The Kier molecular flexibility index (Phi) is 5.64. The van der Waals surface area contributed by atoms with Gasteiger partial charge in [0.05, 0.1) is 0 Å². The van der Waals surface area contributed by atoms with Gasteiger partial charge in [-0.3, -0.25) is 9.55 Å². The van der Waals surface area contributed by atoms with E-state index in [0.717, 1.165) is 28.1 Å². The monoisotopic (exact) mass is 384 g/mol. The van der Waals surface area contributed by atoms with E-state index in [2.05, 4.69) is 75.2 Å². The molecule has 4 aromatic rings. The number of aryl methyl sites for hydroxylation is 1. The van der Waals surface area contributed by atoms with E-state index >= 15 is 0 Å². The van der Waals surface area contributed by atoms with Gasteiger partial charge in [0.2, 0.25) is 0 Å². The average Bonchev–Trinajstić information content (AvgIpc) is 3.17. The minimum absolute atomic E-state index is 0.749. The van der Waals surface area contributed by atoms with E-state index in [4.69, 9.17) is 0 Å². The van der Waals surface area contributed by atoms with Gasteiger partial charge in [0, 0.05) is 17.6 Å². The first-order chi connectivity index (χ1) is 13.8. The molecule has 138 valence electrons. The summed E-state index contributed by atoms with van der Waals surface area (Å²) >= 11 is 1.66. The van der Waals surface area contributed by atoms with Gasteiger partial charge in [-0.05, 0) is 36.8 Å². The zero-order chi connectivity index (χ0) is 19.2. The second kappa shape index (κ2) is 8.67. The Morgan fingerprint density at radius 3 is 2.43 bits per heavy atom. The number of thioether (sulfide) groups is 1. The largest absolute Gasteiger partial charge is 0.269 e. The number of benzene rings is 2. The molecule has 0 saturated heterocycles. The highest BCUT2D eigenvalue weighted by atomic mass is 32.2. The SMILES string of the molecule is Cc1ccc(-n2c(SC/C=C/c3ccccc3)nnc2-c2ccccn2)cc1. The third kappa shape index (κ3) is 4.21. The van der Waals surface area contributed by atoms with Crippen molar-refractivity contribution in [1.29, 1.82) is 0 Å². The fourth-order valence-electron chi connectivity index (χ4n) is 2.82. The van der Waals surface area contributed by atoms with Crippen LogP contribution in [0.1, 0.15) is 11.1 Å². The maximum Gasteiger partial charge on any atom is 0.196 e. The molecule has 0 saturated carbocycles. The minimum Gasteiger partial charge on any atom is -0.269 e. The number of pyridine rings is 1. The van der Waals surface area contributed by atoms with Crippen LogP contribution in [0.15, 0.2) is 90.2 Å². The topological polar surface area (TPSA) is 43.6 Å². The molecule has 0 atom stereocenters. The molecule has 0 unspecified atom stereocenters. The lowest BCUT2D eigenvalue weighted by Crippen LogP contribution is -2.00. The van der Waals surface area contributed by atoms with Gasteiger partial charge in [-0.1, -0.05) is 78.0 Å². The summed E-state index contributed by atoms with van der Waals surface area (Å²) in [7, 11) is 0. The molecule has 0 aliphatic heterocycles. The van der Waals surface area contributed by atoms with Crippen molar-refractivity contribution in [2.45, 2.75) is 12.1 Å². The summed E-state index contributed by atoms with van der Waals surface area (Å²) in [5, 5.41) is 9.71. The summed E-state index contributed by atoms with van der Waals surface area (Å²) < 4.78 is 2.07. The molecule has 4 rings (SSSR count). The van der Waals surface area contributed by atoms with Crippen molar-refractivity contribution in [3.63, 3.8) is 0 Å². The van der Waals surface area contributed by atoms with E-state index in [1.54, 1.807) is 18.0 Å². The lowest BCUT2D eigenvalue weighted by atomic mass is 10.2. The highest BCUT2D eigenvalue weighted by Gasteiger charge is 2.16. The van der Waals surface area contributed by atoms with E-state index in [-0.39, 0.29) is 0 Å². The Balaban J connectivity index is 1.62. The Labute approximate surface area is 169 Å². The summed E-state index contributed by atoms with van der Waals surface area (Å²) in [5.74, 6) is 1.56. The van der Waals surface area contributed by atoms with Crippen molar-refractivity contribution in [3.8, 4) is 17.2 Å². The van der Waals surface area contributed by atoms with Crippen LogP contribution < -0.4 is 0 Å². The third-order valence-corrected chi connectivity index (χ3v) is 5.12. The van der Waals surface area contributed by atoms with Crippen LogP contribution in [-0.2, 0) is 0 Å². The van der Waals surface area contributed by atoms with Crippen LogP contribution in [0.4, 0.5) is 0 Å². The second-order valence-electron chi connectivity index (χ2n) is 6.32. The standard InChI is InChI=1S/C23H20N4S/c1-18-12-14-20(15-13-18)27-22(21-11-5-6-16-24-21)25-26-23(27)28-17-7-10-19-8-3-2-4-9-19/h2-16H,17H2,1H3/b10-7+. The highest BCUT2D eigenvalue weighted by Crippen LogP contribution is 2.27. The molecule has 2 aromatic carbocycles. The molecule has 0 N–H and O–H groups in total. The zero-order valence-corrected chi connectivity index (χ0v) is 16.4. The van der Waals surface area contributed by atoms with Gasteiger partial charge in [-0.15, -0.1) is 10.2 Å². The van der Waals surface area contributed by atoms with Crippen LogP contribution in [0.5, 0.6) is 0 Å². The first kappa shape index (κ1) is 18.2. The molecule has 0 bridgehead atoms. The number of rotatable bonds is 6. The Bertz CT molecular complexity index is 1050. The van der Waals surface area contributed by atoms with Gasteiger partial charge in [0.25, 0.3) is 0 Å². The van der Waals surface area contributed by atoms with Crippen LogP contribution in [0.2, 0.25) is 0 Å². The summed E-state index contributed by atoms with van der Waals surface area (Å²) in [6.45, 7) is 2.08. The molecule has 4 nitrogen and oxygen atoms in total. The maximum atomic E-state index is 4.46. The normalized spacial score (nSPS) is 11.2. The summed E-state index contributed by atoms with van der Waals surface area (Å²) in [6.07, 6.45) is 6.05. The van der Waals surface area contributed by atoms with Crippen molar-refractivity contribution in [2.24, 2.45) is 0 Å². The number of aromatic nitrogens is 4. The van der Waals surface area contributed by atoms with Gasteiger partial charge >= 0.3 is 0 Å². The van der Waals surface area contributed by atoms with Crippen LogP contribution in [0.25, 0.3) is 23.3 Å². The van der Waals surface area contributed by atoms with Crippen LogP contribution >= 0.6 is 11.8 Å². The third-order valence-electron chi connectivity index (χ3n) is 4.24. The first-order valence-corrected chi connectivity index (χ1v) is 10.1. The van der Waals surface area contributed by atoms with E-state index in [0.29, 0.717) is 0 Å². The molecule has 0 spiro atoms. The molecule has 0 aliphatic rings. The molecule has 0 radical (unpaired) electrons. The molecule has 0 amide bonds. The van der Waals surface area contributed by atoms with Crippen molar-refractivity contribution in [1.82, 2.24) is 19.7 Å². The van der Waals surface area contributed by atoms with Gasteiger partial charge in [0.1, 0.15) is 5.69 Å². The maximum absolute atomic E-state index is 4.46. The van der Waals surface area contributed by atoms with Crippen LogP contribution in [-0.4, -0.2) is 25.5 Å². The molecule has 0 fully saturated rings. The molecule has 0 aliphatic carbocycles. The number of hydrogen-bond acceptors (Lipinski definition) is 4. The van der Waals surface area contributed by atoms with Gasteiger partial charge in [-0.25, -0.2) is 0 Å². The average molecular weight is 385 g/mol. The predicted molar refractivity (Wildman–Crippen MR) is 116 cm³/mol. The smallest absolute Gasteiger partial charge is 0.196 e. The van der Waals surface area contributed by atoms with Crippen LogP contribution in [0.3, 0.4) is 0 Å². The Hall–Kier alpha value is -3.18. The molecule has 28 heavy (non-hydrogen) atoms. The summed E-state index contributed by atoms with van der Waals surface area (Å²) in [6, 6.07) is 24.5. The van der Waals surface area contributed by atoms with Crippen LogP contribution in [0, 0.1) is 6.92 Å². The lowest BCUT2D eigenvalue weighted by molar-refractivity contribution is 0.886. The van der Waals surface area contributed by atoms with E-state index < -0.39 is 0 Å². The Morgan fingerprint density at radius 1 is 0.893 bits per heavy atom. The molecule has 2 heterocycles. The number of nitrogens with zero attached hydrogens (tertiary/aromatic N) is 4. The van der Waals surface area contributed by atoms with Gasteiger partial charge in [-0.2, -0.15) is 0 Å². The molecule has 2 aromatic heterocycles. The van der Waals surface area contributed by atoms with Crippen molar-refractivity contribution in [3.05, 3.63) is 96.2 Å². The van der Waals surface area contributed by atoms with Gasteiger partial charge in [0.15, 0.2) is 11.0 Å². The highest BCUT2D eigenvalue weighted by molar-refractivity contribution is 7.99. The fourth-order valence-corrected chi connectivity index (χ4v) is 3.58. The predicted octanol–water partition coefficient (Wildman–Crippen LogP) is 5.44. The van der Waals surface area contributed by atoms with E-state index in [1.165, 1.54) is 11.1 Å². The summed E-state index contributed by atoms with van der Waals surface area (Å²) in [4.78, 5) is 4.46. The first-order valence-electron chi connectivity index (χ1n) is 9.09. The number of hydrogen-bond donors (Lipinski definition) is 0. The minimum atomic E-state index is 0.749. The molecular formula is C23H20N4S. The van der Waals surface area contributed by atoms with E-state index in [9.17, 15) is 0 Å². The molecular weight excluding hydrogens is 364 g/mol. The quantitative estimate of drug-likeness (QED) is 0.415. The second-order valence-corrected chi connectivity index (χ2v) is 7.30. The van der Waals surface area contributed by atoms with Crippen molar-refractivity contribution >= 4 is 17.8 Å². The van der Waals surface area contributed by atoms with Gasteiger partial charge < -0.3 is 0 Å². The lowest BCUT2D eigenvalue weighted by Gasteiger charge is -2.09. The van der Waals surface area contributed by atoms with Crippen molar-refractivity contribution < 1.29 is 0 Å². The van der Waals surface area contributed by atoms with E-state index in [1.807, 2.05) is 36.4 Å². The Morgan fingerprint density at radius 2 is 1.68 bits per heavy atom. The van der Waals surface area contributed by atoms with Crippen molar-refractivity contribution in [2.75, 3.05) is 5.75 Å². The molecule has 5 heteroatoms.